The van der Waals surface area contributed by atoms with E-state index in [0.717, 1.165) is 34.2 Å². The highest BCUT2D eigenvalue weighted by molar-refractivity contribution is 7.19. The zero-order valence-electron chi connectivity index (χ0n) is 31.7. The Balaban J connectivity index is 1.14. The summed E-state index contributed by atoms with van der Waals surface area (Å²) < 4.78 is 35.8. The molecule has 5 nitrogen and oxygen atoms in total. The predicted molar refractivity (Wildman–Crippen MR) is 225 cm³/mol. The minimum atomic E-state index is -0.493. The van der Waals surface area contributed by atoms with Crippen molar-refractivity contribution in [3.63, 3.8) is 0 Å². The van der Waals surface area contributed by atoms with Crippen LogP contribution < -0.4 is 0 Å². The van der Waals surface area contributed by atoms with Crippen LogP contribution in [-0.2, 0) is 56.5 Å². The average Bonchev–Trinajstić information content (AvgIpc) is 3.64. The summed E-state index contributed by atoms with van der Waals surface area (Å²) in [5.74, 6) is 0. The molecule has 1 aliphatic rings. The van der Waals surface area contributed by atoms with Crippen molar-refractivity contribution in [2.75, 3.05) is 6.61 Å². The third-order valence-electron chi connectivity index (χ3n) is 10.3. The molecular formula is C50H48O5S. The number of benzene rings is 6. The molecule has 0 saturated carbocycles. The molecule has 6 heteroatoms. The Labute approximate surface area is 334 Å². The van der Waals surface area contributed by atoms with Gasteiger partial charge in [0.25, 0.3) is 0 Å². The van der Waals surface area contributed by atoms with Crippen molar-refractivity contribution in [1.29, 1.82) is 0 Å². The van der Waals surface area contributed by atoms with Gasteiger partial charge in [-0.05, 0) is 57.8 Å². The summed E-state index contributed by atoms with van der Waals surface area (Å²) >= 11 is 1.86. The molecule has 8 rings (SSSR count). The molecule has 2 heterocycles. The summed E-state index contributed by atoms with van der Waals surface area (Å²) in [6.07, 6.45) is -1.54. The van der Waals surface area contributed by atoms with Gasteiger partial charge in [-0.15, -0.1) is 11.3 Å². The average molecular weight is 761 g/mol. The maximum absolute atomic E-state index is 7.21. The summed E-state index contributed by atoms with van der Waals surface area (Å²) in [5.41, 5.74) is 7.88. The van der Waals surface area contributed by atoms with Crippen LogP contribution in [0.2, 0.25) is 0 Å². The van der Waals surface area contributed by atoms with Gasteiger partial charge in [0, 0.05) is 16.0 Å². The molecule has 0 amide bonds. The fourth-order valence-electron chi connectivity index (χ4n) is 7.44. The lowest BCUT2D eigenvalue weighted by Gasteiger charge is -2.46. The second-order valence-corrected chi connectivity index (χ2v) is 15.7. The molecule has 56 heavy (non-hydrogen) atoms. The first-order chi connectivity index (χ1) is 27.6. The largest absolute Gasteiger partial charge is 0.374 e. The van der Waals surface area contributed by atoms with Gasteiger partial charge < -0.3 is 23.7 Å². The first kappa shape index (κ1) is 38.0. The first-order valence-corrected chi connectivity index (χ1v) is 20.3. The van der Waals surface area contributed by atoms with E-state index in [1.165, 1.54) is 26.1 Å². The lowest BCUT2D eigenvalue weighted by molar-refractivity contribution is -0.275. The maximum atomic E-state index is 7.21. The SMILES string of the molecule is Cc1ccc2sc(Cc3cccc([C@@H]4O[C@H](COCc5ccccc5)[C@@H](OCc5ccccc5)[C@H](OCc5ccccc5)[C@H]4OCc4ccccc4)c3)cc2c1. The molecule has 6 aromatic carbocycles. The van der Waals surface area contributed by atoms with Crippen molar-refractivity contribution in [1.82, 2.24) is 0 Å². The van der Waals surface area contributed by atoms with Gasteiger partial charge in [0.05, 0.1) is 33.0 Å². The smallest absolute Gasteiger partial charge is 0.117 e. The molecule has 0 unspecified atom stereocenters. The van der Waals surface area contributed by atoms with Gasteiger partial charge in [0.15, 0.2) is 0 Å². The van der Waals surface area contributed by atoms with Crippen LogP contribution in [0.5, 0.6) is 0 Å². The van der Waals surface area contributed by atoms with Crippen LogP contribution in [0, 0.1) is 6.92 Å². The summed E-state index contributed by atoms with van der Waals surface area (Å²) in [7, 11) is 0. The number of hydrogen-bond donors (Lipinski definition) is 0. The molecular weight excluding hydrogens is 713 g/mol. The van der Waals surface area contributed by atoms with Crippen molar-refractivity contribution < 1.29 is 23.7 Å². The van der Waals surface area contributed by atoms with Gasteiger partial charge in [0.2, 0.25) is 0 Å². The van der Waals surface area contributed by atoms with E-state index in [4.69, 9.17) is 23.7 Å². The van der Waals surface area contributed by atoms with Crippen LogP contribution >= 0.6 is 11.3 Å². The predicted octanol–water partition coefficient (Wildman–Crippen LogP) is 11.2. The van der Waals surface area contributed by atoms with Crippen molar-refractivity contribution in [2.24, 2.45) is 0 Å². The lowest BCUT2D eigenvalue weighted by Crippen LogP contribution is -2.58. The second-order valence-electron chi connectivity index (χ2n) is 14.6. The standard InChI is InChI=1S/C50H48O5S/c1-36-25-26-46-43(27-36)30-44(56-46)29-41-23-14-24-42(28-41)47-49(53-33-39-19-10-4-11-20-39)50(54-34-40-21-12-5-13-22-40)48(52-32-38-17-8-3-9-18-38)45(55-47)35-51-31-37-15-6-2-7-16-37/h2-28,30,45,47-50H,29,31-35H2,1H3/t45-,47+,48-,49+,50+/m1/s1. The van der Waals surface area contributed by atoms with E-state index in [1.54, 1.807) is 0 Å². The molecule has 0 N–H and O–H groups in total. The van der Waals surface area contributed by atoms with Crippen molar-refractivity contribution in [3.05, 3.63) is 214 Å². The number of aryl methyl sites for hydroxylation is 1. The molecule has 0 radical (unpaired) electrons. The topological polar surface area (TPSA) is 46.2 Å². The molecule has 7 aromatic rings. The molecule has 5 atom stereocenters. The van der Waals surface area contributed by atoms with Crippen LogP contribution in [0.15, 0.2) is 170 Å². The van der Waals surface area contributed by atoms with E-state index >= 15 is 0 Å². The van der Waals surface area contributed by atoms with Gasteiger partial charge >= 0.3 is 0 Å². The highest BCUT2D eigenvalue weighted by Gasteiger charge is 2.49. The molecule has 1 fully saturated rings. The van der Waals surface area contributed by atoms with Crippen LogP contribution in [0.3, 0.4) is 0 Å². The molecule has 0 aliphatic carbocycles. The highest BCUT2D eigenvalue weighted by atomic mass is 32.1. The van der Waals surface area contributed by atoms with Crippen LogP contribution in [-0.4, -0.2) is 31.0 Å². The van der Waals surface area contributed by atoms with E-state index in [-0.39, 0.29) is 0 Å². The Morgan fingerprint density at radius 1 is 0.500 bits per heavy atom. The summed E-state index contributed by atoms with van der Waals surface area (Å²) in [5, 5.41) is 1.30. The van der Waals surface area contributed by atoms with Crippen LogP contribution in [0.25, 0.3) is 10.1 Å². The van der Waals surface area contributed by atoms with Crippen molar-refractivity contribution in [2.45, 2.75) is 70.3 Å². The van der Waals surface area contributed by atoms with Gasteiger partial charge in [-0.25, -0.2) is 0 Å². The Morgan fingerprint density at radius 3 is 1.64 bits per heavy atom. The summed E-state index contributed by atoms with van der Waals surface area (Å²) in [4.78, 5) is 1.33. The number of thiophene rings is 1. The lowest BCUT2D eigenvalue weighted by atomic mass is 9.89. The monoisotopic (exact) mass is 760 g/mol. The minimum Gasteiger partial charge on any atom is -0.374 e. The van der Waals surface area contributed by atoms with E-state index in [0.29, 0.717) is 33.0 Å². The Kier molecular flexibility index (Phi) is 12.8. The Hall–Kier alpha value is -4.92. The number of hydrogen-bond acceptors (Lipinski definition) is 6. The summed E-state index contributed by atoms with van der Waals surface area (Å²) in [6.45, 7) is 4.13. The van der Waals surface area contributed by atoms with Gasteiger partial charge in [-0.3, -0.25) is 0 Å². The van der Waals surface area contributed by atoms with E-state index < -0.39 is 30.5 Å². The molecule has 0 spiro atoms. The Morgan fingerprint density at radius 2 is 1.04 bits per heavy atom. The van der Waals surface area contributed by atoms with Crippen molar-refractivity contribution in [3.8, 4) is 0 Å². The summed E-state index contributed by atoms with van der Waals surface area (Å²) in [6, 6.07) is 58.9. The zero-order chi connectivity index (χ0) is 37.9. The fraction of sp³-hybridized carbons (Fsp3) is 0.240. The molecule has 0 bridgehead atoms. The molecule has 1 aromatic heterocycles. The minimum absolute atomic E-state index is 0.322. The third-order valence-corrected chi connectivity index (χ3v) is 11.4. The maximum Gasteiger partial charge on any atom is 0.117 e. The van der Waals surface area contributed by atoms with E-state index in [9.17, 15) is 0 Å². The first-order valence-electron chi connectivity index (χ1n) is 19.5. The highest BCUT2D eigenvalue weighted by Crippen LogP contribution is 2.39. The molecule has 1 aliphatic heterocycles. The van der Waals surface area contributed by atoms with Crippen LogP contribution in [0.1, 0.15) is 49.9 Å². The van der Waals surface area contributed by atoms with Crippen LogP contribution in [0.4, 0.5) is 0 Å². The zero-order valence-corrected chi connectivity index (χ0v) is 32.6. The molecule has 284 valence electrons. The third kappa shape index (κ3) is 9.90. The van der Waals surface area contributed by atoms with Gasteiger partial charge in [0.1, 0.15) is 30.5 Å². The van der Waals surface area contributed by atoms with Gasteiger partial charge in [-0.1, -0.05) is 163 Å². The second kappa shape index (κ2) is 18.8. The van der Waals surface area contributed by atoms with E-state index in [2.05, 4.69) is 104 Å². The quantitative estimate of drug-likeness (QED) is 0.0981. The molecule has 1 saturated heterocycles. The Bertz CT molecular complexity index is 2240. The van der Waals surface area contributed by atoms with Crippen molar-refractivity contribution >= 4 is 21.4 Å². The van der Waals surface area contributed by atoms with Gasteiger partial charge in [-0.2, -0.15) is 0 Å². The number of rotatable bonds is 16. The fourth-order valence-corrected chi connectivity index (χ4v) is 8.52. The number of fused-ring (bicyclic) bond motifs is 1. The normalized spacial score (nSPS) is 19.6. The van der Waals surface area contributed by atoms with E-state index in [1.807, 2.05) is 84.1 Å². The number of ether oxygens (including phenoxy) is 5.